The van der Waals surface area contributed by atoms with E-state index in [1.807, 2.05) is 12.1 Å². The summed E-state index contributed by atoms with van der Waals surface area (Å²) < 4.78 is 5.16. The van der Waals surface area contributed by atoms with Crippen LogP contribution in [0, 0.1) is 5.92 Å². The van der Waals surface area contributed by atoms with Crippen molar-refractivity contribution in [3.05, 3.63) is 29.8 Å². The van der Waals surface area contributed by atoms with Gasteiger partial charge in [-0.2, -0.15) is 0 Å². The van der Waals surface area contributed by atoms with Crippen LogP contribution in [0.2, 0.25) is 0 Å². The molecule has 0 saturated heterocycles. The summed E-state index contributed by atoms with van der Waals surface area (Å²) in [5, 5.41) is 0. The van der Waals surface area contributed by atoms with E-state index in [0.29, 0.717) is 18.5 Å². The summed E-state index contributed by atoms with van der Waals surface area (Å²) in [4.78, 5) is 2.34. The normalized spacial score (nSPS) is 13.1. The molecule has 2 N–H and O–H groups in total. The van der Waals surface area contributed by atoms with Crippen molar-refractivity contribution in [3.63, 3.8) is 0 Å². The van der Waals surface area contributed by atoms with E-state index >= 15 is 0 Å². The molecule has 102 valence electrons. The van der Waals surface area contributed by atoms with Gasteiger partial charge in [0.25, 0.3) is 0 Å². The van der Waals surface area contributed by atoms with Gasteiger partial charge in [0.1, 0.15) is 5.75 Å². The van der Waals surface area contributed by atoms with Gasteiger partial charge in [-0.15, -0.1) is 0 Å². The molecule has 0 bridgehead atoms. The minimum Gasteiger partial charge on any atom is -0.497 e. The number of benzene rings is 1. The molecule has 0 saturated carbocycles. The van der Waals surface area contributed by atoms with Crippen LogP contribution in [-0.2, 0) is 6.54 Å². The molecule has 3 nitrogen and oxygen atoms in total. The van der Waals surface area contributed by atoms with Crippen molar-refractivity contribution in [1.82, 2.24) is 4.90 Å². The van der Waals surface area contributed by atoms with Crippen LogP contribution in [0.5, 0.6) is 5.75 Å². The van der Waals surface area contributed by atoms with Gasteiger partial charge in [-0.05, 0) is 37.1 Å². The fraction of sp³-hybridized carbons (Fsp3) is 0.600. The highest BCUT2D eigenvalue weighted by Gasteiger charge is 2.14. The van der Waals surface area contributed by atoms with Crippen molar-refractivity contribution in [2.24, 2.45) is 11.7 Å². The average Bonchev–Trinajstić information content (AvgIpc) is 2.36. The molecule has 0 aliphatic carbocycles. The predicted octanol–water partition coefficient (Wildman–Crippen LogP) is 2.50. The molecule has 0 radical (unpaired) electrons. The number of nitrogens with zero attached hydrogens (tertiary/aromatic N) is 1. The SMILES string of the molecule is COc1ccc(CN(C)C(CN)CC(C)C)cc1. The molecular formula is C15H26N2O. The van der Waals surface area contributed by atoms with E-state index in [2.05, 4.69) is 37.9 Å². The monoisotopic (exact) mass is 250 g/mol. The summed E-state index contributed by atoms with van der Waals surface area (Å²) in [6, 6.07) is 8.68. The highest BCUT2D eigenvalue weighted by molar-refractivity contribution is 5.27. The maximum Gasteiger partial charge on any atom is 0.118 e. The molecule has 0 spiro atoms. The Morgan fingerprint density at radius 1 is 1.22 bits per heavy atom. The van der Waals surface area contributed by atoms with Crippen LogP contribution < -0.4 is 10.5 Å². The first kappa shape index (κ1) is 15.0. The van der Waals surface area contributed by atoms with Crippen molar-refractivity contribution >= 4 is 0 Å². The van der Waals surface area contributed by atoms with Crippen molar-refractivity contribution < 1.29 is 4.74 Å². The quantitative estimate of drug-likeness (QED) is 0.808. The van der Waals surface area contributed by atoms with E-state index in [-0.39, 0.29) is 0 Å². The summed E-state index contributed by atoms with van der Waals surface area (Å²) in [5.41, 5.74) is 7.15. The molecule has 1 aromatic rings. The highest BCUT2D eigenvalue weighted by Crippen LogP contribution is 2.15. The van der Waals surface area contributed by atoms with Crippen LogP contribution in [0.1, 0.15) is 25.8 Å². The molecule has 0 heterocycles. The van der Waals surface area contributed by atoms with Gasteiger partial charge in [-0.3, -0.25) is 4.90 Å². The average molecular weight is 250 g/mol. The maximum atomic E-state index is 5.86. The third-order valence-corrected chi connectivity index (χ3v) is 3.23. The van der Waals surface area contributed by atoms with Crippen LogP contribution >= 0.6 is 0 Å². The third-order valence-electron chi connectivity index (χ3n) is 3.23. The Bertz CT molecular complexity index is 335. The van der Waals surface area contributed by atoms with Gasteiger partial charge in [0.2, 0.25) is 0 Å². The third kappa shape index (κ3) is 4.67. The first-order valence-corrected chi connectivity index (χ1v) is 6.60. The highest BCUT2D eigenvalue weighted by atomic mass is 16.5. The molecule has 0 fully saturated rings. The Morgan fingerprint density at radius 2 is 1.83 bits per heavy atom. The van der Waals surface area contributed by atoms with Crippen LogP contribution in [0.15, 0.2) is 24.3 Å². The lowest BCUT2D eigenvalue weighted by atomic mass is 10.0. The lowest BCUT2D eigenvalue weighted by Gasteiger charge is -2.28. The minimum atomic E-state index is 0.451. The van der Waals surface area contributed by atoms with Gasteiger partial charge in [-0.25, -0.2) is 0 Å². The summed E-state index contributed by atoms with van der Waals surface area (Å²) in [6.07, 6.45) is 1.14. The molecule has 0 aliphatic rings. The first-order chi connectivity index (χ1) is 8.56. The summed E-state index contributed by atoms with van der Waals surface area (Å²) in [6.45, 7) is 6.12. The zero-order chi connectivity index (χ0) is 13.5. The number of hydrogen-bond donors (Lipinski definition) is 1. The van der Waals surface area contributed by atoms with E-state index in [1.54, 1.807) is 7.11 Å². The Labute approximate surface area is 111 Å². The molecule has 1 rings (SSSR count). The van der Waals surface area contributed by atoms with Crippen molar-refractivity contribution in [2.45, 2.75) is 32.9 Å². The standard InChI is InChI=1S/C15H26N2O/c1-12(2)9-14(10-16)17(3)11-13-5-7-15(18-4)8-6-13/h5-8,12,14H,9-11,16H2,1-4H3. The zero-order valence-corrected chi connectivity index (χ0v) is 12.0. The molecular weight excluding hydrogens is 224 g/mol. The second-order valence-electron chi connectivity index (χ2n) is 5.28. The Hall–Kier alpha value is -1.06. The number of likely N-dealkylation sites (N-methyl/N-ethyl adjacent to an activating group) is 1. The van der Waals surface area contributed by atoms with Gasteiger partial charge >= 0.3 is 0 Å². The minimum absolute atomic E-state index is 0.451. The lowest BCUT2D eigenvalue weighted by molar-refractivity contribution is 0.210. The van der Waals surface area contributed by atoms with Gasteiger partial charge in [0.15, 0.2) is 0 Å². The summed E-state index contributed by atoms with van der Waals surface area (Å²) in [7, 11) is 3.83. The number of rotatable bonds is 7. The molecule has 1 atom stereocenters. The summed E-state index contributed by atoms with van der Waals surface area (Å²) >= 11 is 0. The van der Waals surface area contributed by atoms with Gasteiger partial charge < -0.3 is 10.5 Å². The molecule has 0 aliphatic heterocycles. The zero-order valence-electron chi connectivity index (χ0n) is 12.0. The second kappa shape index (κ2) is 7.39. The Kier molecular flexibility index (Phi) is 6.16. The molecule has 1 aromatic carbocycles. The van der Waals surface area contributed by atoms with E-state index in [1.165, 1.54) is 5.56 Å². The van der Waals surface area contributed by atoms with E-state index in [9.17, 15) is 0 Å². The van der Waals surface area contributed by atoms with Crippen molar-refractivity contribution in [1.29, 1.82) is 0 Å². The van der Waals surface area contributed by atoms with Crippen LogP contribution in [0.3, 0.4) is 0 Å². The van der Waals surface area contributed by atoms with E-state index in [0.717, 1.165) is 18.7 Å². The number of ether oxygens (including phenoxy) is 1. The number of methoxy groups -OCH3 is 1. The smallest absolute Gasteiger partial charge is 0.118 e. The Morgan fingerprint density at radius 3 is 2.28 bits per heavy atom. The molecule has 0 amide bonds. The maximum absolute atomic E-state index is 5.86. The number of nitrogens with two attached hydrogens (primary N) is 1. The van der Waals surface area contributed by atoms with Crippen LogP contribution in [0.4, 0.5) is 0 Å². The van der Waals surface area contributed by atoms with Gasteiger partial charge in [-0.1, -0.05) is 26.0 Å². The van der Waals surface area contributed by atoms with E-state index < -0.39 is 0 Å². The van der Waals surface area contributed by atoms with Gasteiger partial charge in [0.05, 0.1) is 7.11 Å². The molecule has 0 aromatic heterocycles. The van der Waals surface area contributed by atoms with Crippen LogP contribution in [0.25, 0.3) is 0 Å². The lowest BCUT2D eigenvalue weighted by Crippen LogP contribution is -2.38. The topological polar surface area (TPSA) is 38.5 Å². The molecule has 18 heavy (non-hydrogen) atoms. The summed E-state index contributed by atoms with van der Waals surface area (Å²) in [5.74, 6) is 1.58. The van der Waals surface area contributed by atoms with Crippen molar-refractivity contribution in [3.8, 4) is 5.75 Å². The predicted molar refractivity (Wildman–Crippen MR) is 76.8 cm³/mol. The fourth-order valence-corrected chi connectivity index (χ4v) is 2.15. The van der Waals surface area contributed by atoms with Gasteiger partial charge in [0, 0.05) is 19.1 Å². The van der Waals surface area contributed by atoms with Crippen LogP contribution in [-0.4, -0.2) is 31.6 Å². The first-order valence-electron chi connectivity index (χ1n) is 6.60. The largest absolute Gasteiger partial charge is 0.497 e. The van der Waals surface area contributed by atoms with Crippen molar-refractivity contribution in [2.75, 3.05) is 20.7 Å². The number of hydrogen-bond acceptors (Lipinski definition) is 3. The Balaban J connectivity index is 2.58. The molecule has 3 heteroatoms. The van der Waals surface area contributed by atoms with E-state index in [4.69, 9.17) is 10.5 Å². The second-order valence-corrected chi connectivity index (χ2v) is 5.28. The molecule has 1 unspecified atom stereocenters. The fourth-order valence-electron chi connectivity index (χ4n) is 2.15.